The first-order chi connectivity index (χ1) is 9.34. The van der Waals surface area contributed by atoms with Gasteiger partial charge in [0.05, 0.1) is 12.2 Å². The summed E-state index contributed by atoms with van der Waals surface area (Å²) >= 11 is 0. The molecule has 0 saturated heterocycles. The number of benzene rings is 1. The highest BCUT2D eigenvalue weighted by atomic mass is 19.4. The molecule has 0 aromatic heterocycles. The van der Waals surface area contributed by atoms with Gasteiger partial charge in [0.1, 0.15) is 5.75 Å². The third kappa shape index (κ3) is 4.99. The predicted molar refractivity (Wildman–Crippen MR) is 67.2 cm³/mol. The number of unbranched alkanes of at least 4 members (excludes halogenated alkanes) is 1. The number of ether oxygens (including phenoxy) is 2. The smallest absolute Gasteiger partial charge is 0.420 e. The summed E-state index contributed by atoms with van der Waals surface area (Å²) in [4.78, 5) is 11.3. The molecule has 1 aromatic carbocycles. The van der Waals surface area contributed by atoms with Crippen LogP contribution in [0.2, 0.25) is 0 Å². The minimum atomic E-state index is -4.60. The highest BCUT2D eigenvalue weighted by molar-refractivity contribution is 5.71. The fourth-order valence-electron chi connectivity index (χ4n) is 1.40. The summed E-state index contributed by atoms with van der Waals surface area (Å²) in [5.41, 5.74) is 4.27. The zero-order valence-corrected chi connectivity index (χ0v) is 11.0. The minimum absolute atomic E-state index is 0.0322. The fourth-order valence-corrected chi connectivity index (χ4v) is 1.40. The largest absolute Gasteiger partial charge is 0.481 e. The number of rotatable bonds is 6. The molecule has 1 rings (SSSR count). The van der Waals surface area contributed by atoms with Crippen LogP contribution in [0.5, 0.6) is 5.75 Å². The van der Waals surface area contributed by atoms with E-state index >= 15 is 0 Å². The number of hydrogen-bond donors (Lipinski definition) is 1. The number of halogens is 3. The summed E-state index contributed by atoms with van der Waals surface area (Å²) in [6.07, 6.45) is -3.05. The Morgan fingerprint density at radius 3 is 2.65 bits per heavy atom. The summed E-state index contributed by atoms with van der Waals surface area (Å²) < 4.78 is 47.9. The van der Waals surface area contributed by atoms with Crippen molar-refractivity contribution in [3.63, 3.8) is 0 Å². The normalized spacial score (nSPS) is 11.2. The zero-order valence-electron chi connectivity index (χ0n) is 11.0. The number of esters is 1. The number of anilines is 1. The van der Waals surface area contributed by atoms with Crippen LogP contribution in [0.1, 0.15) is 25.3 Å². The molecule has 0 atom stereocenters. The summed E-state index contributed by atoms with van der Waals surface area (Å²) in [7, 11) is 0. The minimum Gasteiger partial charge on any atom is -0.481 e. The molecule has 0 unspecified atom stereocenters. The maximum absolute atomic E-state index is 12.7. The van der Waals surface area contributed by atoms with Gasteiger partial charge in [-0.3, -0.25) is 0 Å². The first kappa shape index (κ1) is 16.1. The Labute approximate surface area is 114 Å². The molecule has 0 bridgehead atoms. The van der Waals surface area contributed by atoms with Gasteiger partial charge in [-0.05, 0) is 24.6 Å². The van der Waals surface area contributed by atoms with E-state index in [1.54, 1.807) is 0 Å². The second kappa shape index (κ2) is 7.02. The molecule has 112 valence electrons. The maximum atomic E-state index is 12.7. The van der Waals surface area contributed by atoms with E-state index in [2.05, 4.69) is 0 Å². The monoisotopic (exact) mass is 291 g/mol. The van der Waals surface area contributed by atoms with Gasteiger partial charge < -0.3 is 15.2 Å². The SMILES string of the molecule is CCCCOC(=O)COc1ccc(N)cc1C(F)(F)F. The average molecular weight is 291 g/mol. The number of nitrogens with two attached hydrogens (primary N) is 1. The van der Waals surface area contributed by atoms with Crippen molar-refractivity contribution in [2.75, 3.05) is 18.9 Å². The van der Waals surface area contributed by atoms with E-state index in [1.165, 1.54) is 6.07 Å². The maximum Gasteiger partial charge on any atom is 0.420 e. The van der Waals surface area contributed by atoms with E-state index in [-0.39, 0.29) is 12.3 Å². The van der Waals surface area contributed by atoms with Gasteiger partial charge in [-0.25, -0.2) is 4.79 Å². The molecule has 0 saturated carbocycles. The third-order valence-electron chi connectivity index (χ3n) is 2.42. The summed E-state index contributed by atoms with van der Waals surface area (Å²) in [5, 5.41) is 0. The number of carbonyl (C=O) groups is 1. The summed E-state index contributed by atoms with van der Waals surface area (Å²) in [5.74, 6) is -1.15. The van der Waals surface area contributed by atoms with Crippen LogP contribution < -0.4 is 10.5 Å². The van der Waals surface area contributed by atoms with Crippen molar-refractivity contribution in [2.24, 2.45) is 0 Å². The lowest BCUT2D eigenvalue weighted by molar-refractivity contribution is -0.148. The third-order valence-corrected chi connectivity index (χ3v) is 2.42. The van der Waals surface area contributed by atoms with E-state index in [4.69, 9.17) is 15.2 Å². The standard InChI is InChI=1S/C13H16F3NO3/c1-2-3-6-19-12(18)8-20-11-5-4-9(17)7-10(11)13(14,15)16/h4-5,7H,2-3,6,8,17H2,1H3. The highest BCUT2D eigenvalue weighted by Gasteiger charge is 2.34. The molecule has 7 heteroatoms. The van der Waals surface area contributed by atoms with Crippen molar-refractivity contribution < 1.29 is 27.4 Å². The van der Waals surface area contributed by atoms with E-state index in [0.717, 1.165) is 18.6 Å². The topological polar surface area (TPSA) is 61.5 Å². The van der Waals surface area contributed by atoms with Crippen LogP contribution in [0.3, 0.4) is 0 Å². The Balaban J connectivity index is 2.66. The van der Waals surface area contributed by atoms with Gasteiger partial charge in [-0.1, -0.05) is 13.3 Å². The van der Waals surface area contributed by atoms with Gasteiger partial charge in [0, 0.05) is 5.69 Å². The van der Waals surface area contributed by atoms with Gasteiger partial charge in [0.15, 0.2) is 6.61 Å². The Morgan fingerprint density at radius 1 is 1.35 bits per heavy atom. The Morgan fingerprint density at radius 2 is 2.05 bits per heavy atom. The van der Waals surface area contributed by atoms with Crippen molar-refractivity contribution in [2.45, 2.75) is 25.9 Å². The zero-order chi connectivity index (χ0) is 15.2. The lowest BCUT2D eigenvalue weighted by atomic mass is 10.1. The molecular formula is C13H16F3NO3. The molecule has 0 spiro atoms. The first-order valence-electron chi connectivity index (χ1n) is 6.09. The fraction of sp³-hybridized carbons (Fsp3) is 0.462. The van der Waals surface area contributed by atoms with E-state index in [9.17, 15) is 18.0 Å². The van der Waals surface area contributed by atoms with Crippen LogP contribution in [0.15, 0.2) is 18.2 Å². The van der Waals surface area contributed by atoms with Gasteiger partial charge >= 0.3 is 12.1 Å². The summed E-state index contributed by atoms with van der Waals surface area (Å²) in [6.45, 7) is 1.58. The van der Waals surface area contributed by atoms with Crippen molar-refractivity contribution >= 4 is 11.7 Å². The van der Waals surface area contributed by atoms with E-state index < -0.39 is 30.1 Å². The van der Waals surface area contributed by atoms with Crippen LogP contribution in [-0.2, 0) is 15.7 Å². The second-order valence-electron chi connectivity index (χ2n) is 4.12. The Kier molecular flexibility index (Phi) is 5.66. The quantitative estimate of drug-likeness (QED) is 0.497. The molecule has 0 aliphatic carbocycles. The number of carbonyl (C=O) groups excluding carboxylic acids is 1. The molecule has 1 aromatic rings. The molecule has 20 heavy (non-hydrogen) atoms. The molecule has 0 heterocycles. The molecule has 4 nitrogen and oxygen atoms in total. The van der Waals surface area contributed by atoms with Gasteiger partial charge in [-0.15, -0.1) is 0 Å². The van der Waals surface area contributed by atoms with Gasteiger partial charge in [0.2, 0.25) is 0 Å². The van der Waals surface area contributed by atoms with Crippen molar-refractivity contribution in [3.8, 4) is 5.75 Å². The molecule has 0 amide bonds. The lowest BCUT2D eigenvalue weighted by Gasteiger charge is -2.14. The second-order valence-corrected chi connectivity index (χ2v) is 4.12. The van der Waals surface area contributed by atoms with Crippen molar-refractivity contribution in [1.82, 2.24) is 0 Å². The molecule has 0 aliphatic rings. The Hall–Kier alpha value is -1.92. The van der Waals surface area contributed by atoms with Gasteiger partial charge in [-0.2, -0.15) is 13.2 Å². The van der Waals surface area contributed by atoms with E-state index in [1.807, 2.05) is 6.92 Å². The average Bonchev–Trinajstić information content (AvgIpc) is 2.36. The van der Waals surface area contributed by atoms with Crippen LogP contribution in [0.4, 0.5) is 18.9 Å². The van der Waals surface area contributed by atoms with Crippen LogP contribution in [0.25, 0.3) is 0 Å². The van der Waals surface area contributed by atoms with Crippen LogP contribution in [-0.4, -0.2) is 19.2 Å². The van der Waals surface area contributed by atoms with Crippen molar-refractivity contribution in [3.05, 3.63) is 23.8 Å². The molecule has 2 N–H and O–H groups in total. The number of alkyl halides is 3. The lowest BCUT2D eigenvalue weighted by Crippen LogP contribution is -2.17. The van der Waals surface area contributed by atoms with Crippen LogP contribution >= 0.6 is 0 Å². The van der Waals surface area contributed by atoms with Gasteiger partial charge in [0.25, 0.3) is 0 Å². The Bertz CT molecular complexity index is 461. The highest BCUT2D eigenvalue weighted by Crippen LogP contribution is 2.37. The molecule has 0 aliphatic heterocycles. The molecular weight excluding hydrogens is 275 g/mol. The van der Waals surface area contributed by atoms with Crippen LogP contribution in [0, 0.1) is 0 Å². The number of nitrogen functional groups attached to an aromatic ring is 1. The van der Waals surface area contributed by atoms with E-state index in [0.29, 0.717) is 6.42 Å². The number of hydrogen-bond acceptors (Lipinski definition) is 4. The molecule has 0 fully saturated rings. The summed E-state index contributed by atoms with van der Waals surface area (Å²) in [6, 6.07) is 3.11. The predicted octanol–water partition coefficient (Wildman–Crippen LogP) is 3.01. The first-order valence-corrected chi connectivity index (χ1v) is 6.09. The molecule has 0 radical (unpaired) electrons. The van der Waals surface area contributed by atoms with Crippen molar-refractivity contribution in [1.29, 1.82) is 0 Å².